The van der Waals surface area contributed by atoms with Gasteiger partial charge in [-0.1, -0.05) is 6.07 Å². The van der Waals surface area contributed by atoms with E-state index in [1.807, 2.05) is 0 Å². The lowest BCUT2D eigenvalue weighted by Crippen LogP contribution is -2.35. The maximum Gasteiger partial charge on any atom is 0.243 e. The fourth-order valence-corrected chi connectivity index (χ4v) is 2.28. The number of hydrogen-bond acceptors (Lipinski definition) is 3. The van der Waals surface area contributed by atoms with Gasteiger partial charge in [-0.25, -0.2) is 12.8 Å². The monoisotopic (exact) mass is 246 g/mol. The number of nitrogens with zero attached hydrogens (tertiary/aromatic N) is 1. The molecule has 5 nitrogen and oxygen atoms in total. The largest absolute Gasteiger partial charge is 0.369 e. The molecular formula is C9H11FN2O3S. The lowest BCUT2D eigenvalue weighted by molar-refractivity contribution is -0.118. The zero-order valence-electron chi connectivity index (χ0n) is 8.55. The standard InChI is InChI=1S/C9H11FN2O3S/c1-12(6-9(11)13)16(14,15)8-4-2-3-7(10)5-8/h2-5H,6H2,1H3,(H2,11,13). The Morgan fingerprint density at radius 1 is 1.50 bits per heavy atom. The molecule has 2 N–H and O–H groups in total. The summed E-state index contributed by atoms with van der Waals surface area (Å²) in [7, 11) is -2.66. The first kappa shape index (κ1) is 12.6. The number of primary amides is 1. The molecule has 0 aliphatic heterocycles. The summed E-state index contributed by atoms with van der Waals surface area (Å²) in [5.74, 6) is -1.43. The number of hydrogen-bond donors (Lipinski definition) is 1. The van der Waals surface area contributed by atoms with Crippen molar-refractivity contribution in [2.45, 2.75) is 4.90 Å². The van der Waals surface area contributed by atoms with Crippen LogP contribution in [0.15, 0.2) is 29.2 Å². The second-order valence-electron chi connectivity index (χ2n) is 3.18. The van der Waals surface area contributed by atoms with Crippen molar-refractivity contribution in [1.82, 2.24) is 4.31 Å². The molecule has 1 aromatic carbocycles. The normalized spacial score (nSPS) is 11.7. The van der Waals surface area contributed by atoms with Gasteiger partial charge in [-0.3, -0.25) is 4.79 Å². The van der Waals surface area contributed by atoms with Gasteiger partial charge < -0.3 is 5.73 Å². The molecule has 0 saturated heterocycles. The Bertz CT molecular complexity index is 501. The van der Waals surface area contributed by atoms with Crippen molar-refractivity contribution in [3.63, 3.8) is 0 Å². The van der Waals surface area contributed by atoms with Gasteiger partial charge in [0, 0.05) is 7.05 Å². The number of halogens is 1. The average Bonchev–Trinajstić information content (AvgIpc) is 2.16. The molecule has 0 saturated carbocycles. The zero-order chi connectivity index (χ0) is 12.3. The Morgan fingerprint density at radius 2 is 2.12 bits per heavy atom. The van der Waals surface area contributed by atoms with Gasteiger partial charge in [0.2, 0.25) is 15.9 Å². The molecule has 88 valence electrons. The molecule has 0 unspecified atom stereocenters. The smallest absolute Gasteiger partial charge is 0.243 e. The molecule has 0 radical (unpaired) electrons. The van der Waals surface area contributed by atoms with Crippen LogP contribution in [-0.4, -0.2) is 32.2 Å². The van der Waals surface area contributed by atoms with Gasteiger partial charge in [0.1, 0.15) is 5.82 Å². The molecule has 1 rings (SSSR count). The number of carbonyl (C=O) groups excluding carboxylic acids is 1. The first-order valence-corrected chi connectivity index (χ1v) is 5.78. The highest BCUT2D eigenvalue weighted by Crippen LogP contribution is 2.14. The summed E-state index contributed by atoms with van der Waals surface area (Å²) in [6.07, 6.45) is 0. The van der Waals surface area contributed by atoms with Crippen molar-refractivity contribution in [2.75, 3.05) is 13.6 Å². The van der Waals surface area contributed by atoms with E-state index in [-0.39, 0.29) is 4.90 Å². The number of likely N-dealkylation sites (N-methyl/N-ethyl adjacent to an activating group) is 1. The molecule has 0 fully saturated rings. The number of nitrogens with two attached hydrogens (primary N) is 1. The van der Waals surface area contributed by atoms with Gasteiger partial charge in [-0.2, -0.15) is 4.31 Å². The van der Waals surface area contributed by atoms with Crippen LogP contribution in [0.4, 0.5) is 4.39 Å². The highest BCUT2D eigenvalue weighted by atomic mass is 32.2. The van der Waals surface area contributed by atoms with E-state index in [0.29, 0.717) is 0 Å². The Balaban J connectivity index is 3.07. The van der Waals surface area contributed by atoms with Crippen LogP contribution >= 0.6 is 0 Å². The third-order valence-corrected chi connectivity index (χ3v) is 3.68. The predicted molar refractivity (Wildman–Crippen MR) is 55.4 cm³/mol. The fraction of sp³-hybridized carbons (Fsp3) is 0.222. The van der Waals surface area contributed by atoms with Gasteiger partial charge in [0.25, 0.3) is 0 Å². The molecule has 0 aromatic heterocycles. The van der Waals surface area contributed by atoms with E-state index < -0.39 is 28.3 Å². The quantitative estimate of drug-likeness (QED) is 0.807. The lowest BCUT2D eigenvalue weighted by Gasteiger charge is -2.15. The van der Waals surface area contributed by atoms with Gasteiger partial charge >= 0.3 is 0 Å². The highest BCUT2D eigenvalue weighted by molar-refractivity contribution is 7.89. The number of rotatable bonds is 4. The summed E-state index contributed by atoms with van der Waals surface area (Å²) >= 11 is 0. The third-order valence-electron chi connectivity index (χ3n) is 1.88. The summed E-state index contributed by atoms with van der Waals surface area (Å²) in [6, 6.07) is 4.54. The van der Waals surface area contributed by atoms with E-state index in [4.69, 9.17) is 5.73 Å². The van der Waals surface area contributed by atoms with Crippen molar-refractivity contribution in [3.8, 4) is 0 Å². The average molecular weight is 246 g/mol. The molecule has 1 amide bonds. The summed E-state index contributed by atoms with van der Waals surface area (Å²) in [5.41, 5.74) is 4.88. The van der Waals surface area contributed by atoms with Gasteiger partial charge in [0.15, 0.2) is 0 Å². The second-order valence-corrected chi connectivity index (χ2v) is 5.23. The van der Waals surface area contributed by atoms with Crippen molar-refractivity contribution in [1.29, 1.82) is 0 Å². The number of carbonyl (C=O) groups is 1. The van der Waals surface area contributed by atoms with Crippen LogP contribution < -0.4 is 5.73 Å². The van der Waals surface area contributed by atoms with Crippen molar-refractivity contribution in [2.24, 2.45) is 5.73 Å². The highest BCUT2D eigenvalue weighted by Gasteiger charge is 2.22. The molecule has 1 aromatic rings. The van der Waals surface area contributed by atoms with Crippen molar-refractivity contribution >= 4 is 15.9 Å². The number of amides is 1. The molecule has 0 atom stereocenters. The molecule has 0 aliphatic carbocycles. The molecule has 0 aliphatic rings. The van der Waals surface area contributed by atoms with E-state index in [1.54, 1.807) is 0 Å². The van der Waals surface area contributed by atoms with Gasteiger partial charge in [-0.05, 0) is 18.2 Å². The second kappa shape index (κ2) is 4.58. The Kier molecular flexibility index (Phi) is 3.61. The third kappa shape index (κ3) is 2.77. The van der Waals surface area contributed by atoms with Crippen LogP contribution in [0.5, 0.6) is 0 Å². The minimum atomic E-state index is -3.86. The molecule has 0 heterocycles. The zero-order valence-corrected chi connectivity index (χ0v) is 9.37. The maximum absolute atomic E-state index is 12.8. The number of benzene rings is 1. The molecular weight excluding hydrogens is 235 g/mol. The molecule has 16 heavy (non-hydrogen) atoms. The number of sulfonamides is 1. The van der Waals surface area contributed by atoms with E-state index in [0.717, 1.165) is 16.4 Å². The fourth-order valence-electron chi connectivity index (χ4n) is 1.11. The maximum atomic E-state index is 12.8. The van der Waals surface area contributed by atoms with Crippen molar-refractivity contribution < 1.29 is 17.6 Å². The van der Waals surface area contributed by atoms with Crippen LogP contribution in [-0.2, 0) is 14.8 Å². The molecule has 7 heteroatoms. The van der Waals surface area contributed by atoms with Crippen LogP contribution in [0, 0.1) is 5.82 Å². The minimum absolute atomic E-state index is 0.212. The van der Waals surface area contributed by atoms with Crippen LogP contribution in [0.2, 0.25) is 0 Å². The Labute approximate surface area is 92.7 Å². The van der Waals surface area contributed by atoms with E-state index in [9.17, 15) is 17.6 Å². The topological polar surface area (TPSA) is 80.5 Å². The van der Waals surface area contributed by atoms with Gasteiger partial charge in [0.05, 0.1) is 11.4 Å². The minimum Gasteiger partial charge on any atom is -0.369 e. The molecule has 0 spiro atoms. The van der Waals surface area contributed by atoms with Crippen LogP contribution in [0.1, 0.15) is 0 Å². The van der Waals surface area contributed by atoms with Crippen molar-refractivity contribution in [3.05, 3.63) is 30.1 Å². The lowest BCUT2D eigenvalue weighted by atomic mass is 10.4. The SMILES string of the molecule is CN(CC(N)=O)S(=O)(=O)c1cccc(F)c1. The van der Waals surface area contributed by atoms with E-state index >= 15 is 0 Å². The van der Waals surface area contributed by atoms with Gasteiger partial charge in [-0.15, -0.1) is 0 Å². The Hall–Kier alpha value is -1.47. The summed E-state index contributed by atoms with van der Waals surface area (Å²) in [4.78, 5) is 10.4. The molecule has 0 bridgehead atoms. The summed E-state index contributed by atoms with van der Waals surface area (Å²) in [5, 5.41) is 0. The van der Waals surface area contributed by atoms with Crippen LogP contribution in [0.25, 0.3) is 0 Å². The van der Waals surface area contributed by atoms with Crippen LogP contribution in [0.3, 0.4) is 0 Å². The van der Waals surface area contributed by atoms with E-state index in [1.165, 1.54) is 19.2 Å². The Morgan fingerprint density at radius 3 is 2.62 bits per heavy atom. The predicted octanol–water partition coefficient (Wildman–Crippen LogP) is -0.0685. The summed E-state index contributed by atoms with van der Waals surface area (Å²) in [6.45, 7) is -0.446. The van der Waals surface area contributed by atoms with E-state index in [2.05, 4.69) is 0 Å². The first-order chi connectivity index (χ1) is 7.34. The first-order valence-electron chi connectivity index (χ1n) is 4.34. The summed E-state index contributed by atoms with van der Waals surface area (Å²) < 4.78 is 37.2.